The summed E-state index contributed by atoms with van der Waals surface area (Å²) in [5.41, 5.74) is 6.71. The molecule has 0 bridgehead atoms. The maximum absolute atomic E-state index is 4.64. The van der Waals surface area contributed by atoms with Gasteiger partial charge in [0, 0.05) is 11.9 Å². The van der Waals surface area contributed by atoms with Gasteiger partial charge in [-0.15, -0.1) is 0 Å². The smallest absolute Gasteiger partial charge is 0.0686 e. The summed E-state index contributed by atoms with van der Waals surface area (Å²) in [6, 6.07) is 26.5. The number of nitrogens with zero attached hydrogens (tertiary/aromatic N) is 3. The Hall–Kier alpha value is -2.91. The van der Waals surface area contributed by atoms with Gasteiger partial charge in [-0.25, -0.2) is 0 Å². The van der Waals surface area contributed by atoms with Crippen molar-refractivity contribution in [2.45, 2.75) is 19.0 Å². The molecule has 1 aromatic heterocycles. The second kappa shape index (κ2) is 6.67. The van der Waals surface area contributed by atoms with E-state index in [4.69, 9.17) is 0 Å². The van der Waals surface area contributed by atoms with Gasteiger partial charge in [0.15, 0.2) is 0 Å². The zero-order valence-corrected chi connectivity index (χ0v) is 15.5. The normalized spacial score (nSPS) is 17.1. The number of hydrogen-bond donors (Lipinski definition) is 0. The largest absolute Gasteiger partial charge is 0.295 e. The van der Waals surface area contributed by atoms with E-state index in [9.17, 15) is 0 Å². The van der Waals surface area contributed by atoms with Crippen LogP contribution in [0.25, 0.3) is 10.9 Å². The summed E-state index contributed by atoms with van der Waals surface area (Å²) in [6.07, 6.45) is 3.12. The quantitative estimate of drug-likeness (QED) is 0.534. The molecule has 134 valence electrons. The molecule has 4 aromatic rings. The SMILES string of the molecule is CN1CCc2ccccc2C1c1ccc2c(cnn2Cc2ccccc2)c1. The summed E-state index contributed by atoms with van der Waals surface area (Å²) in [7, 11) is 2.23. The lowest BCUT2D eigenvalue weighted by Gasteiger charge is -2.35. The van der Waals surface area contributed by atoms with Crippen LogP contribution in [0.2, 0.25) is 0 Å². The Morgan fingerprint density at radius 3 is 2.67 bits per heavy atom. The lowest BCUT2D eigenvalue weighted by atomic mass is 9.88. The third-order valence-corrected chi connectivity index (χ3v) is 5.68. The molecule has 0 aliphatic carbocycles. The van der Waals surface area contributed by atoms with E-state index in [1.54, 1.807) is 0 Å². The molecule has 3 nitrogen and oxygen atoms in total. The van der Waals surface area contributed by atoms with Crippen LogP contribution < -0.4 is 0 Å². The van der Waals surface area contributed by atoms with Gasteiger partial charge in [0.1, 0.15) is 0 Å². The molecule has 27 heavy (non-hydrogen) atoms. The van der Waals surface area contributed by atoms with E-state index in [1.165, 1.54) is 33.2 Å². The van der Waals surface area contributed by atoms with Crippen molar-refractivity contribution in [3.63, 3.8) is 0 Å². The second-order valence-corrected chi connectivity index (χ2v) is 7.44. The van der Waals surface area contributed by atoms with Crippen LogP contribution >= 0.6 is 0 Å². The third-order valence-electron chi connectivity index (χ3n) is 5.68. The van der Waals surface area contributed by atoms with Crippen LogP contribution in [0.1, 0.15) is 28.3 Å². The van der Waals surface area contributed by atoms with E-state index in [2.05, 4.69) is 94.5 Å². The molecule has 1 aliphatic rings. The highest BCUT2D eigenvalue weighted by molar-refractivity contribution is 5.79. The van der Waals surface area contributed by atoms with Crippen molar-refractivity contribution in [3.8, 4) is 0 Å². The van der Waals surface area contributed by atoms with Crippen molar-refractivity contribution in [2.75, 3.05) is 13.6 Å². The van der Waals surface area contributed by atoms with Crippen LogP contribution in [-0.4, -0.2) is 28.3 Å². The Morgan fingerprint density at radius 1 is 0.963 bits per heavy atom. The fourth-order valence-electron chi connectivity index (χ4n) is 4.28. The summed E-state index contributed by atoms with van der Waals surface area (Å²) in [5.74, 6) is 0. The van der Waals surface area contributed by atoms with E-state index >= 15 is 0 Å². The van der Waals surface area contributed by atoms with E-state index in [-0.39, 0.29) is 0 Å². The molecule has 0 spiro atoms. The number of aromatic nitrogens is 2. The summed E-state index contributed by atoms with van der Waals surface area (Å²) in [5, 5.41) is 5.85. The molecule has 0 saturated heterocycles. The van der Waals surface area contributed by atoms with Gasteiger partial charge in [0.25, 0.3) is 0 Å². The monoisotopic (exact) mass is 353 g/mol. The first-order valence-electron chi connectivity index (χ1n) is 9.57. The van der Waals surface area contributed by atoms with Crippen molar-refractivity contribution in [3.05, 3.63) is 101 Å². The molecule has 3 aromatic carbocycles. The minimum Gasteiger partial charge on any atom is -0.295 e. The molecule has 0 saturated carbocycles. The topological polar surface area (TPSA) is 21.1 Å². The molecule has 0 fully saturated rings. The summed E-state index contributed by atoms with van der Waals surface area (Å²) < 4.78 is 2.09. The summed E-state index contributed by atoms with van der Waals surface area (Å²) in [6.45, 7) is 1.89. The number of hydrogen-bond acceptors (Lipinski definition) is 2. The average Bonchev–Trinajstić information content (AvgIpc) is 3.10. The van der Waals surface area contributed by atoms with Gasteiger partial charge in [0.2, 0.25) is 0 Å². The van der Waals surface area contributed by atoms with Crippen LogP contribution in [0.5, 0.6) is 0 Å². The summed E-state index contributed by atoms with van der Waals surface area (Å²) in [4.78, 5) is 2.46. The first-order chi connectivity index (χ1) is 13.3. The lowest BCUT2D eigenvalue weighted by Crippen LogP contribution is -2.32. The van der Waals surface area contributed by atoms with Gasteiger partial charge >= 0.3 is 0 Å². The first kappa shape index (κ1) is 16.3. The third kappa shape index (κ3) is 2.94. The number of benzene rings is 3. The van der Waals surface area contributed by atoms with Crippen LogP contribution in [0.3, 0.4) is 0 Å². The summed E-state index contributed by atoms with van der Waals surface area (Å²) >= 11 is 0. The fraction of sp³-hybridized carbons (Fsp3) is 0.208. The van der Waals surface area contributed by atoms with Crippen LogP contribution in [0.4, 0.5) is 0 Å². The van der Waals surface area contributed by atoms with Gasteiger partial charge in [-0.05, 0) is 47.9 Å². The van der Waals surface area contributed by atoms with Gasteiger partial charge < -0.3 is 0 Å². The fourth-order valence-corrected chi connectivity index (χ4v) is 4.28. The molecule has 1 unspecified atom stereocenters. The standard InChI is InChI=1S/C24H23N3/c1-26-14-13-19-9-5-6-10-22(19)24(26)20-11-12-23-21(15-20)16-25-27(23)17-18-7-3-2-4-8-18/h2-12,15-16,24H,13-14,17H2,1H3. The van der Waals surface area contributed by atoms with Crippen molar-refractivity contribution in [1.29, 1.82) is 0 Å². The molecule has 0 radical (unpaired) electrons. The lowest BCUT2D eigenvalue weighted by molar-refractivity contribution is 0.265. The van der Waals surface area contributed by atoms with Crippen LogP contribution in [-0.2, 0) is 13.0 Å². The Morgan fingerprint density at radius 2 is 1.78 bits per heavy atom. The average molecular weight is 353 g/mol. The Balaban J connectivity index is 1.53. The molecule has 1 aliphatic heterocycles. The van der Waals surface area contributed by atoms with E-state index < -0.39 is 0 Å². The highest BCUT2D eigenvalue weighted by Crippen LogP contribution is 2.35. The zero-order valence-electron chi connectivity index (χ0n) is 15.5. The van der Waals surface area contributed by atoms with Gasteiger partial charge in [0.05, 0.1) is 24.3 Å². The van der Waals surface area contributed by atoms with E-state index in [0.29, 0.717) is 6.04 Å². The second-order valence-electron chi connectivity index (χ2n) is 7.44. The number of fused-ring (bicyclic) bond motifs is 2. The van der Waals surface area contributed by atoms with Crippen molar-refractivity contribution in [1.82, 2.24) is 14.7 Å². The van der Waals surface area contributed by atoms with Crippen LogP contribution in [0.15, 0.2) is 79.0 Å². The van der Waals surface area contributed by atoms with Gasteiger partial charge in [-0.2, -0.15) is 5.10 Å². The molecule has 2 heterocycles. The molecular weight excluding hydrogens is 330 g/mol. The Kier molecular flexibility index (Phi) is 4.02. The Labute approximate surface area is 159 Å². The molecule has 3 heteroatoms. The highest BCUT2D eigenvalue weighted by Gasteiger charge is 2.26. The highest BCUT2D eigenvalue weighted by atomic mass is 15.3. The van der Waals surface area contributed by atoms with Crippen LogP contribution in [0, 0.1) is 0 Å². The van der Waals surface area contributed by atoms with Gasteiger partial charge in [-0.3, -0.25) is 9.58 Å². The van der Waals surface area contributed by atoms with E-state index in [0.717, 1.165) is 19.5 Å². The first-order valence-corrected chi connectivity index (χ1v) is 9.57. The van der Waals surface area contributed by atoms with Crippen molar-refractivity contribution >= 4 is 10.9 Å². The molecule has 1 atom stereocenters. The minimum absolute atomic E-state index is 0.317. The Bertz CT molecular complexity index is 1080. The minimum atomic E-state index is 0.317. The maximum atomic E-state index is 4.64. The van der Waals surface area contributed by atoms with Gasteiger partial charge in [-0.1, -0.05) is 60.7 Å². The molecule has 0 amide bonds. The zero-order chi connectivity index (χ0) is 18.2. The predicted octanol–water partition coefficient (Wildman–Crippen LogP) is 4.66. The number of likely N-dealkylation sites (N-methyl/N-ethyl adjacent to an activating group) is 1. The predicted molar refractivity (Wildman–Crippen MR) is 110 cm³/mol. The van der Waals surface area contributed by atoms with E-state index in [1.807, 2.05) is 6.20 Å². The maximum Gasteiger partial charge on any atom is 0.0686 e. The molecular formula is C24H23N3. The molecule has 5 rings (SSSR count). The van der Waals surface area contributed by atoms with Crippen molar-refractivity contribution < 1.29 is 0 Å². The molecule has 0 N–H and O–H groups in total. The number of rotatable bonds is 3. The van der Waals surface area contributed by atoms with Crippen molar-refractivity contribution in [2.24, 2.45) is 0 Å².